The number of ether oxygens (including phenoxy) is 1. The summed E-state index contributed by atoms with van der Waals surface area (Å²) in [5.74, 6) is 0.442. The molecule has 6 heteroatoms. The second-order valence-electron chi connectivity index (χ2n) is 2.82. The lowest BCUT2D eigenvalue weighted by Crippen LogP contribution is -2.07. The van der Waals surface area contributed by atoms with Crippen molar-refractivity contribution in [1.82, 2.24) is 9.97 Å². The Kier molecular flexibility index (Phi) is 4.83. The molecule has 1 aromatic rings. The van der Waals surface area contributed by atoms with E-state index >= 15 is 0 Å². The molecule has 0 aliphatic carbocycles. The molecule has 0 aromatic carbocycles. The number of carbonyl (C=O) groups is 1. The van der Waals surface area contributed by atoms with Gasteiger partial charge in [-0.2, -0.15) is 0 Å². The standard InChI is InChI=1S/C9H12ClN3O2/c1-15-8(14)3-2-5-11-7-4-6-12-9(10)13-7/h4,6H,2-3,5H2,1H3,(H,11,12,13). The molecule has 82 valence electrons. The van der Waals surface area contributed by atoms with Crippen LogP contribution in [0, 0.1) is 0 Å². The molecular weight excluding hydrogens is 218 g/mol. The van der Waals surface area contributed by atoms with Crippen LogP contribution in [0.2, 0.25) is 5.28 Å². The lowest BCUT2D eigenvalue weighted by molar-refractivity contribution is -0.140. The molecule has 0 saturated carbocycles. The molecule has 0 bridgehead atoms. The minimum Gasteiger partial charge on any atom is -0.469 e. The van der Waals surface area contributed by atoms with E-state index in [-0.39, 0.29) is 11.3 Å². The number of hydrogen-bond donors (Lipinski definition) is 1. The Morgan fingerprint density at radius 2 is 2.47 bits per heavy atom. The lowest BCUT2D eigenvalue weighted by Gasteiger charge is -2.04. The Labute approximate surface area is 92.8 Å². The third-order valence-electron chi connectivity index (χ3n) is 1.72. The Balaban J connectivity index is 2.23. The summed E-state index contributed by atoms with van der Waals surface area (Å²) in [5.41, 5.74) is 0. The van der Waals surface area contributed by atoms with Gasteiger partial charge in [-0.3, -0.25) is 4.79 Å². The first kappa shape index (κ1) is 11.7. The van der Waals surface area contributed by atoms with Gasteiger partial charge in [0.25, 0.3) is 0 Å². The lowest BCUT2D eigenvalue weighted by atomic mass is 10.3. The predicted octanol–water partition coefficient (Wildman–Crippen LogP) is 1.50. The number of halogens is 1. The van der Waals surface area contributed by atoms with Gasteiger partial charge in [-0.25, -0.2) is 9.97 Å². The molecule has 0 aliphatic rings. The molecule has 0 fully saturated rings. The van der Waals surface area contributed by atoms with E-state index in [1.807, 2.05) is 0 Å². The van der Waals surface area contributed by atoms with Crippen LogP contribution in [-0.4, -0.2) is 29.6 Å². The minimum atomic E-state index is -0.211. The normalized spacial score (nSPS) is 9.73. The molecule has 0 aliphatic heterocycles. The van der Waals surface area contributed by atoms with Crippen molar-refractivity contribution in [3.8, 4) is 0 Å². The van der Waals surface area contributed by atoms with Crippen LogP contribution in [0.5, 0.6) is 0 Å². The topological polar surface area (TPSA) is 64.1 Å². The van der Waals surface area contributed by atoms with Crippen LogP contribution in [0.15, 0.2) is 12.3 Å². The van der Waals surface area contributed by atoms with Gasteiger partial charge in [-0.15, -0.1) is 0 Å². The smallest absolute Gasteiger partial charge is 0.305 e. The van der Waals surface area contributed by atoms with Gasteiger partial charge in [0, 0.05) is 19.2 Å². The number of methoxy groups -OCH3 is 1. The second-order valence-corrected chi connectivity index (χ2v) is 3.16. The fraction of sp³-hybridized carbons (Fsp3) is 0.444. The van der Waals surface area contributed by atoms with Crippen LogP contribution in [0.25, 0.3) is 0 Å². The highest BCUT2D eigenvalue weighted by Crippen LogP contribution is 2.05. The van der Waals surface area contributed by atoms with E-state index in [2.05, 4.69) is 20.0 Å². The van der Waals surface area contributed by atoms with Crippen molar-refractivity contribution in [2.75, 3.05) is 19.0 Å². The Hall–Kier alpha value is -1.36. The molecule has 0 unspecified atom stereocenters. The van der Waals surface area contributed by atoms with Gasteiger partial charge in [0.2, 0.25) is 5.28 Å². The highest BCUT2D eigenvalue weighted by atomic mass is 35.5. The third kappa shape index (κ3) is 4.60. The monoisotopic (exact) mass is 229 g/mol. The SMILES string of the molecule is COC(=O)CCCNc1ccnc(Cl)n1. The Bertz CT molecular complexity index is 333. The summed E-state index contributed by atoms with van der Waals surface area (Å²) in [6.45, 7) is 0.641. The molecule has 1 rings (SSSR count). The molecule has 0 amide bonds. The number of anilines is 1. The maximum absolute atomic E-state index is 10.8. The van der Waals surface area contributed by atoms with Crippen molar-refractivity contribution >= 4 is 23.4 Å². The average Bonchev–Trinajstić information content (AvgIpc) is 2.24. The number of esters is 1. The highest BCUT2D eigenvalue weighted by molar-refractivity contribution is 6.28. The Morgan fingerprint density at radius 1 is 1.67 bits per heavy atom. The fourth-order valence-electron chi connectivity index (χ4n) is 0.985. The molecule has 0 atom stereocenters. The third-order valence-corrected chi connectivity index (χ3v) is 1.90. The highest BCUT2D eigenvalue weighted by Gasteiger charge is 2.00. The fourth-order valence-corrected chi connectivity index (χ4v) is 1.13. The van der Waals surface area contributed by atoms with Gasteiger partial charge < -0.3 is 10.1 Å². The molecule has 0 saturated heterocycles. The summed E-state index contributed by atoms with van der Waals surface area (Å²) in [6, 6.07) is 1.71. The summed E-state index contributed by atoms with van der Waals surface area (Å²) in [5, 5.41) is 3.22. The van der Waals surface area contributed by atoms with Crippen molar-refractivity contribution < 1.29 is 9.53 Å². The molecule has 1 N–H and O–H groups in total. The van der Waals surface area contributed by atoms with Crippen molar-refractivity contribution in [1.29, 1.82) is 0 Å². The van der Waals surface area contributed by atoms with Crippen molar-refractivity contribution in [2.24, 2.45) is 0 Å². The van der Waals surface area contributed by atoms with Crippen LogP contribution in [0.1, 0.15) is 12.8 Å². The maximum Gasteiger partial charge on any atom is 0.305 e. The quantitative estimate of drug-likeness (QED) is 0.471. The molecule has 15 heavy (non-hydrogen) atoms. The maximum atomic E-state index is 10.8. The summed E-state index contributed by atoms with van der Waals surface area (Å²) >= 11 is 5.59. The first-order chi connectivity index (χ1) is 7.22. The van der Waals surface area contributed by atoms with E-state index in [4.69, 9.17) is 11.6 Å². The molecule has 0 radical (unpaired) electrons. The Morgan fingerprint density at radius 3 is 3.13 bits per heavy atom. The number of aromatic nitrogens is 2. The number of nitrogens with one attached hydrogen (secondary N) is 1. The first-order valence-electron chi connectivity index (χ1n) is 4.51. The summed E-state index contributed by atoms with van der Waals surface area (Å²) in [7, 11) is 1.37. The van der Waals surface area contributed by atoms with Crippen LogP contribution in [0.4, 0.5) is 5.82 Å². The predicted molar refractivity (Wildman–Crippen MR) is 56.8 cm³/mol. The average molecular weight is 230 g/mol. The second kappa shape index (κ2) is 6.19. The molecule has 5 nitrogen and oxygen atoms in total. The largest absolute Gasteiger partial charge is 0.469 e. The van der Waals surface area contributed by atoms with E-state index < -0.39 is 0 Å². The minimum absolute atomic E-state index is 0.202. The molecule has 1 heterocycles. The van der Waals surface area contributed by atoms with E-state index in [9.17, 15) is 4.79 Å². The van der Waals surface area contributed by atoms with E-state index in [1.54, 1.807) is 12.3 Å². The zero-order valence-electron chi connectivity index (χ0n) is 8.36. The van der Waals surface area contributed by atoms with Crippen LogP contribution < -0.4 is 5.32 Å². The van der Waals surface area contributed by atoms with Gasteiger partial charge in [0.15, 0.2) is 0 Å². The summed E-state index contributed by atoms with van der Waals surface area (Å²) in [4.78, 5) is 18.5. The summed E-state index contributed by atoms with van der Waals surface area (Å²) < 4.78 is 4.51. The first-order valence-corrected chi connectivity index (χ1v) is 4.89. The van der Waals surface area contributed by atoms with Gasteiger partial charge in [0.1, 0.15) is 5.82 Å². The van der Waals surface area contributed by atoms with Gasteiger partial charge in [-0.05, 0) is 24.1 Å². The zero-order chi connectivity index (χ0) is 11.1. The number of rotatable bonds is 5. The van der Waals surface area contributed by atoms with E-state index in [0.717, 1.165) is 0 Å². The van der Waals surface area contributed by atoms with Crippen LogP contribution in [-0.2, 0) is 9.53 Å². The van der Waals surface area contributed by atoms with Gasteiger partial charge >= 0.3 is 5.97 Å². The number of hydrogen-bond acceptors (Lipinski definition) is 5. The number of carbonyl (C=O) groups excluding carboxylic acids is 1. The molecule has 0 spiro atoms. The van der Waals surface area contributed by atoms with Crippen molar-refractivity contribution in [3.63, 3.8) is 0 Å². The van der Waals surface area contributed by atoms with Gasteiger partial charge in [-0.1, -0.05) is 0 Å². The van der Waals surface area contributed by atoms with Crippen LogP contribution in [0.3, 0.4) is 0 Å². The van der Waals surface area contributed by atoms with E-state index in [1.165, 1.54) is 7.11 Å². The molecule has 1 aromatic heterocycles. The summed E-state index contributed by atoms with van der Waals surface area (Å²) in [6.07, 6.45) is 2.65. The zero-order valence-corrected chi connectivity index (χ0v) is 9.12. The van der Waals surface area contributed by atoms with Gasteiger partial charge in [0.05, 0.1) is 7.11 Å². The molecular formula is C9H12ClN3O2. The number of nitrogens with zero attached hydrogens (tertiary/aromatic N) is 2. The van der Waals surface area contributed by atoms with E-state index in [0.29, 0.717) is 25.2 Å². The van der Waals surface area contributed by atoms with Crippen LogP contribution >= 0.6 is 11.6 Å². The van der Waals surface area contributed by atoms with Crippen molar-refractivity contribution in [3.05, 3.63) is 17.5 Å². The van der Waals surface area contributed by atoms with Crippen molar-refractivity contribution in [2.45, 2.75) is 12.8 Å².